The van der Waals surface area contributed by atoms with E-state index >= 15 is 0 Å². The summed E-state index contributed by atoms with van der Waals surface area (Å²) < 4.78 is 25.7. The topological polar surface area (TPSA) is 73.7 Å². The summed E-state index contributed by atoms with van der Waals surface area (Å²) >= 11 is 0. The summed E-state index contributed by atoms with van der Waals surface area (Å²) in [6.07, 6.45) is 3.80. The molecule has 0 N–H and O–H groups in total. The quantitative estimate of drug-likeness (QED) is 0.765. The van der Waals surface area contributed by atoms with Crippen molar-refractivity contribution in [3.05, 3.63) is 29.8 Å². The van der Waals surface area contributed by atoms with Gasteiger partial charge in [-0.15, -0.1) is 0 Å². The second-order valence-corrected chi connectivity index (χ2v) is 7.84. The Morgan fingerprint density at radius 3 is 2.59 bits per heavy atom. The third-order valence-electron chi connectivity index (χ3n) is 4.75. The number of aromatic nitrogens is 2. The Morgan fingerprint density at radius 1 is 1.33 bits per heavy atom. The summed E-state index contributed by atoms with van der Waals surface area (Å²) in [5, 5.41) is 0.422. The van der Waals surface area contributed by atoms with Gasteiger partial charge in [-0.25, -0.2) is 19.0 Å². The Hall–Kier alpha value is -2.64. The molecule has 2 heterocycles. The molecule has 0 aliphatic heterocycles. The van der Waals surface area contributed by atoms with Crippen LogP contribution in [0.25, 0.3) is 11.0 Å². The number of esters is 1. The van der Waals surface area contributed by atoms with E-state index in [1.54, 1.807) is 18.1 Å². The molecule has 146 valence electrons. The zero-order valence-electron chi connectivity index (χ0n) is 16.2. The molecule has 0 bridgehead atoms. The molecular weight excluding hydrogens is 353 g/mol. The van der Waals surface area contributed by atoms with Crippen LogP contribution in [-0.4, -0.2) is 52.3 Å². The molecule has 0 spiro atoms. The summed E-state index contributed by atoms with van der Waals surface area (Å²) in [5.74, 6) is -1.05. The molecule has 27 heavy (non-hydrogen) atoms. The molecule has 2 aromatic heterocycles. The Kier molecular flexibility index (Phi) is 4.84. The number of ether oxygens (including phenoxy) is 2. The number of carbonyl (C=O) groups excluding carboxylic acids is 2. The third kappa shape index (κ3) is 3.74. The molecule has 1 aliphatic rings. The largest absolute Gasteiger partial charge is 0.465 e. The molecule has 0 radical (unpaired) electrons. The maximum Gasteiger partial charge on any atom is 0.410 e. The van der Waals surface area contributed by atoms with E-state index in [9.17, 15) is 14.0 Å². The maximum atomic E-state index is 13.6. The zero-order chi connectivity index (χ0) is 19.9. The van der Waals surface area contributed by atoms with E-state index in [2.05, 4.69) is 4.98 Å². The lowest BCUT2D eigenvalue weighted by atomic mass is 9.85. The van der Waals surface area contributed by atoms with Crippen molar-refractivity contribution in [1.82, 2.24) is 14.5 Å². The van der Waals surface area contributed by atoms with Gasteiger partial charge < -0.3 is 18.9 Å². The van der Waals surface area contributed by atoms with E-state index < -0.39 is 17.4 Å². The Balaban J connectivity index is 1.79. The number of hydrogen-bond acceptors (Lipinski definition) is 5. The molecule has 2 aromatic rings. The molecule has 0 unspecified atom stereocenters. The van der Waals surface area contributed by atoms with Gasteiger partial charge >= 0.3 is 12.1 Å². The van der Waals surface area contributed by atoms with Gasteiger partial charge in [-0.1, -0.05) is 0 Å². The molecule has 0 saturated heterocycles. The highest BCUT2D eigenvalue weighted by Crippen LogP contribution is 2.39. The van der Waals surface area contributed by atoms with Crippen molar-refractivity contribution in [2.24, 2.45) is 0 Å². The fourth-order valence-corrected chi connectivity index (χ4v) is 3.24. The van der Waals surface area contributed by atoms with E-state index in [0.717, 1.165) is 6.20 Å². The lowest BCUT2D eigenvalue weighted by molar-refractivity contribution is 0.00809. The zero-order valence-corrected chi connectivity index (χ0v) is 16.2. The average molecular weight is 377 g/mol. The van der Waals surface area contributed by atoms with E-state index in [4.69, 9.17) is 9.47 Å². The van der Waals surface area contributed by atoms with E-state index in [1.165, 1.54) is 13.2 Å². The standard InChI is InChI=1S/C19H24FN3O4/c1-19(2,3)27-18(25)22(4)12-7-13(8-12)23-10-15(17(24)26-5)14-6-11(20)9-21-16(14)23/h6,9-10,12-13H,7-8H2,1-5H3. The van der Waals surface area contributed by atoms with Crippen molar-refractivity contribution in [1.29, 1.82) is 0 Å². The van der Waals surface area contributed by atoms with Gasteiger partial charge in [0.2, 0.25) is 0 Å². The summed E-state index contributed by atoms with van der Waals surface area (Å²) in [4.78, 5) is 30.0. The van der Waals surface area contributed by atoms with Gasteiger partial charge in [0.15, 0.2) is 0 Å². The molecule has 1 saturated carbocycles. The van der Waals surface area contributed by atoms with E-state index in [1.807, 2.05) is 25.3 Å². The number of rotatable bonds is 3. The van der Waals surface area contributed by atoms with Crippen molar-refractivity contribution >= 4 is 23.1 Å². The van der Waals surface area contributed by atoms with Gasteiger partial charge in [0, 0.05) is 30.7 Å². The first-order chi connectivity index (χ1) is 12.6. The summed E-state index contributed by atoms with van der Waals surface area (Å²) in [6.45, 7) is 5.48. The lowest BCUT2D eigenvalue weighted by Crippen LogP contribution is -2.47. The van der Waals surface area contributed by atoms with E-state index in [0.29, 0.717) is 23.9 Å². The van der Waals surface area contributed by atoms with Crippen LogP contribution in [0.4, 0.5) is 9.18 Å². The number of carbonyl (C=O) groups is 2. The van der Waals surface area contributed by atoms with Crippen molar-refractivity contribution < 1.29 is 23.5 Å². The molecule has 0 aromatic carbocycles. The number of pyridine rings is 1. The highest BCUT2D eigenvalue weighted by atomic mass is 19.1. The fourth-order valence-electron chi connectivity index (χ4n) is 3.24. The highest BCUT2D eigenvalue weighted by molar-refractivity contribution is 6.03. The van der Waals surface area contributed by atoms with Crippen LogP contribution in [0.5, 0.6) is 0 Å². The van der Waals surface area contributed by atoms with Crippen LogP contribution in [-0.2, 0) is 9.47 Å². The van der Waals surface area contributed by atoms with Crippen LogP contribution in [0.1, 0.15) is 50.0 Å². The van der Waals surface area contributed by atoms with Crippen molar-refractivity contribution in [2.45, 2.75) is 51.3 Å². The Bertz CT molecular complexity index is 881. The molecule has 1 aliphatic carbocycles. The van der Waals surface area contributed by atoms with Crippen molar-refractivity contribution in [2.75, 3.05) is 14.2 Å². The lowest BCUT2D eigenvalue weighted by Gasteiger charge is -2.42. The maximum absolute atomic E-state index is 13.6. The number of fused-ring (bicyclic) bond motifs is 1. The molecule has 1 amide bonds. The Morgan fingerprint density at radius 2 is 2.00 bits per heavy atom. The first-order valence-electron chi connectivity index (χ1n) is 8.81. The molecule has 3 rings (SSSR count). The second kappa shape index (κ2) is 6.83. The van der Waals surface area contributed by atoms with Gasteiger partial charge in [-0.2, -0.15) is 0 Å². The fraction of sp³-hybridized carbons (Fsp3) is 0.526. The summed E-state index contributed by atoms with van der Waals surface area (Å²) in [5.41, 5.74) is 0.262. The Labute approximate surface area is 157 Å². The predicted molar refractivity (Wildman–Crippen MR) is 97.1 cm³/mol. The molecule has 7 nitrogen and oxygen atoms in total. The normalized spacial score (nSPS) is 19.5. The van der Waals surface area contributed by atoms with Crippen molar-refractivity contribution in [3.63, 3.8) is 0 Å². The summed E-state index contributed by atoms with van der Waals surface area (Å²) in [7, 11) is 3.00. The smallest absolute Gasteiger partial charge is 0.410 e. The number of hydrogen-bond donors (Lipinski definition) is 0. The third-order valence-corrected chi connectivity index (χ3v) is 4.75. The minimum absolute atomic E-state index is 0.0318. The van der Waals surface area contributed by atoms with Crippen LogP contribution in [0.15, 0.2) is 18.5 Å². The van der Waals surface area contributed by atoms with Gasteiger partial charge in [-0.05, 0) is 39.7 Å². The number of halogens is 1. The molecule has 1 fully saturated rings. The van der Waals surface area contributed by atoms with Crippen LogP contribution >= 0.6 is 0 Å². The number of nitrogens with zero attached hydrogens (tertiary/aromatic N) is 3. The van der Waals surface area contributed by atoms with Gasteiger partial charge in [0.1, 0.15) is 17.1 Å². The monoisotopic (exact) mass is 377 g/mol. The van der Waals surface area contributed by atoms with Gasteiger partial charge in [0.05, 0.1) is 18.9 Å². The van der Waals surface area contributed by atoms with Gasteiger partial charge in [-0.3, -0.25) is 0 Å². The number of methoxy groups -OCH3 is 1. The summed E-state index contributed by atoms with van der Waals surface area (Å²) in [6, 6.07) is 1.37. The van der Waals surface area contributed by atoms with Crippen LogP contribution < -0.4 is 0 Å². The van der Waals surface area contributed by atoms with Crippen LogP contribution in [0.3, 0.4) is 0 Å². The van der Waals surface area contributed by atoms with Crippen LogP contribution in [0.2, 0.25) is 0 Å². The highest BCUT2D eigenvalue weighted by Gasteiger charge is 2.38. The first-order valence-corrected chi connectivity index (χ1v) is 8.81. The minimum Gasteiger partial charge on any atom is -0.465 e. The number of amides is 1. The second-order valence-electron chi connectivity index (χ2n) is 7.84. The first kappa shape index (κ1) is 19.1. The van der Waals surface area contributed by atoms with Gasteiger partial charge in [0.25, 0.3) is 0 Å². The average Bonchev–Trinajstić information content (AvgIpc) is 2.89. The minimum atomic E-state index is -0.547. The van der Waals surface area contributed by atoms with E-state index in [-0.39, 0.29) is 23.7 Å². The van der Waals surface area contributed by atoms with Crippen LogP contribution in [0, 0.1) is 5.82 Å². The molecular formula is C19H24FN3O4. The molecule has 0 atom stereocenters. The van der Waals surface area contributed by atoms with Crippen molar-refractivity contribution in [3.8, 4) is 0 Å². The SMILES string of the molecule is COC(=O)c1cn(C2CC(N(C)C(=O)OC(C)(C)C)C2)c2ncc(F)cc12. The molecule has 8 heteroatoms. The predicted octanol–water partition coefficient (Wildman–Crippen LogP) is 3.53.